The van der Waals surface area contributed by atoms with E-state index in [2.05, 4.69) is 4.72 Å². The molecule has 0 unspecified atom stereocenters. The molecule has 1 atom stereocenters. The van der Waals surface area contributed by atoms with E-state index in [4.69, 9.17) is 4.74 Å². The van der Waals surface area contributed by atoms with Gasteiger partial charge in [0.25, 0.3) is 0 Å². The van der Waals surface area contributed by atoms with Crippen LogP contribution in [0.15, 0.2) is 24.3 Å². The van der Waals surface area contributed by atoms with Crippen molar-refractivity contribution in [1.29, 1.82) is 0 Å². The minimum absolute atomic E-state index is 0.0450. The van der Waals surface area contributed by atoms with E-state index in [1.807, 2.05) is 25.1 Å². The summed E-state index contributed by atoms with van der Waals surface area (Å²) in [6, 6.07) is 7.49. The summed E-state index contributed by atoms with van der Waals surface area (Å²) >= 11 is 0. The van der Waals surface area contributed by atoms with Gasteiger partial charge < -0.3 is 4.74 Å². The van der Waals surface area contributed by atoms with Gasteiger partial charge in [0.1, 0.15) is 0 Å². The van der Waals surface area contributed by atoms with Crippen LogP contribution in [0.25, 0.3) is 0 Å². The number of ether oxygens (including phenoxy) is 1. The topological polar surface area (TPSA) is 55.4 Å². The molecule has 18 heavy (non-hydrogen) atoms. The lowest BCUT2D eigenvalue weighted by atomic mass is 10.1. The van der Waals surface area contributed by atoms with Crippen LogP contribution in [-0.4, -0.2) is 26.9 Å². The number of sulfonamides is 1. The second-order valence-electron chi connectivity index (χ2n) is 4.57. The molecule has 1 aromatic carbocycles. The minimum atomic E-state index is -3.32. The molecule has 1 N–H and O–H groups in total. The highest BCUT2D eigenvalue weighted by atomic mass is 32.2. The van der Waals surface area contributed by atoms with Gasteiger partial charge in [-0.3, -0.25) is 4.72 Å². The van der Waals surface area contributed by atoms with E-state index >= 15 is 0 Å². The number of rotatable bonds is 5. The van der Waals surface area contributed by atoms with Crippen LogP contribution in [0, 0.1) is 0 Å². The molecule has 4 nitrogen and oxygen atoms in total. The second-order valence-corrected chi connectivity index (χ2v) is 6.34. The average molecular weight is 269 g/mol. The molecule has 100 valence electrons. The van der Waals surface area contributed by atoms with E-state index in [1.165, 1.54) is 0 Å². The summed E-state index contributed by atoms with van der Waals surface area (Å²) in [5.74, 6) is 0.0450. The van der Waals surface area contributed by atoms with Crippen molar-refractivity contribution in [2.24, 2.45) is 0 Å². The lowest BCUT2D eigenvalue weighted by molar-refractivity contribution is 0.127. The largest absolute Gasteiger partial charge is 0.377 e. The van der Waals surface area contributed by atoms with Crippen LogP contribution in [0.2, 0.25) is 0 Å². The van der Waals surface area contributed by atoms with Gasteiger partial charge in [-0.2, -0.15) is 0 Å². The van der Waals surface area contributed by atoms with Crippen molar-refractivity contribution in [3.63, 3.8) is 0 Å². The zero-order valence-electron chi connectivity index (χ0n) is 10.6. The molecule has 1 saturated heterocycles. The van der Waals surface area contributed by atoms with Crippen molar-refractivity contribution in [2.45, 2.75) is 32.3 Å². The van der Waals surface area contributed by atoms with Gasteiger partial charge >= 0.3 is 0 Å². The molecular formula is C13H19NO3S. The Balaban J connectivity index is 2.02. The van der Waals surface area contributed by atoms with Crippen LogP contribution >= 0.6 is 0 Å². The van der Waals surface area contributed by atoms with Gasteiger partial charge in [0.05, 0.1) is 11.9 Å². The number of aryl methyl sites for hydroxylation is 1. The molecule has 5 heteroatoms. The van der Waals surface area contributed by atoms with E-state index in [1.54, 1.807) is 6.07 Å². The average Bonchev–Trinajstić information content (AvgIpc) is 2.80. The number of anilines is 1. The van der Waals surface area contributed by atoms with Gasteiger partial charge in [0, 0.05) is 12.3 Å². The fraction of sp³-hybridized carbons (Fsp3) is 0.538. The fourth-order valence-electron chi connectivity index (χ4n) is 2.10. The molecule has 0 spiro atoms. The van der Waals surface area contributed by atoms with Crippen molar-refractivity contribution in [3.05, 3.63) is 29.8 Å². The van der Waals surface area contributed by atoms with Gasteiger partial charge in [-0.05, 0) is 37.0 Å². The molecule has 1 fully saturated rings. The molecule has 0 radical (unpaired) electrons. The summed E-state index contributed by atoms with van der Waals surface area (Å²) in [5.41, 5.74) is 1.75. The highest BCUT2D eigenvalue weighted by Crippen LogP contribution is 2.17. The Kier molecular flexibility index (Phi) is 4.24. The van der Waals surface area contributed by atoms with Crippen LogP contribution < -0.4 is 4.72 Å². The van der Waals surface area contributed by atoms with E-state index in [9.17, 15) is 8.42 Å². The molecule has 0 amide bonds. The Bertz CT molecular complexity index is 493. The third-order valence-corrected chi connectivity index (χ3v) is 4.40. The number of benzene rings is 1. The first kappa shape index (κ1) is 13.4. The quantitative estimate of drug-likeness (QED) is 0.891. The summed E-state index contributed by atoms with van der Waals surface area (Å²) in [6.45, 7) is 2.71. The van der Waals surface area contributed by atoms with Crippen molar-refractivity contribution < 1.29 is 13.2 Å². The zero-order chi connectivity index (χ0) is 13.0. The molecule has 1 aromatic rings. The maximum Gasteiger partial charge on any atom is 0.235 e. The Hall–Kier alpha value is -1.07. The maximum atomic E-state index is 12.0. The van der Waals surface area contributed by atoms with Crippen LogP contribution in [0.4, 0.5) is 5.69 Å². The lowest BCUT2D eigenvalue weighted by Crippen LogP contribution is -2.25. The Morgan fingerprint density at radius 3 is 2.94 bits per heavy atom. The number of hydrogen-bond acceptors (Lipinski definition) is 3. The zero-order valence-corrected chi connectivity index (χ0v) is 11.4. The Morgan fingerprint density at radius 2 is 2.28 bits per heavy atom. The lowest BCUT2D eigenvalue weighted by Gasteiger charge is -2.12. The van der Waals surface area contributed by atoms with Gasteiger partial charge in [0.15, 0.2) is 0 Å². The van der Waals surface area contributed by atoms with Gasteiger partial charge in [-0.15, -0.1) is 0 Å². The summed E-state index contributed by atoms with van der Waals surface area (Å²) < 4.78 is 31.9. The summed E-state index contributed by atoms with van der Waals surface area (Å²) in [7, 11) is -3.32. The summed E-state index contributed by atoms with van der Waals surface area (Å²) in [5, 5.41) is 0. The highest BCUT2D eigenvalue weighted by Gasteiger charge is 2.23. The standard InChI is InChI=1S/C13H19NO3S/c1-2-11-5-3-6-12(9-11)14-18(15,16)10-13-7-4-8-17-13/h3,5-6,9,13-14H,2,4,7-8,10H2,1H3/t13-/m0/s1. The first-order chi connectivity index (χ1) is 8.59. The fourth-order valence-corrected chi connectivity index (χ4v) is 3.42. The van der Waals surface area contributed by atoms with Crippen molar-refractivity contribution in [3.8, 4) is 0 Å². The van der Waals surface area contributed by atoms with Crippen LogP contribution in [0.3, 0.4) is 0 Å². The van der Waals surface area contributed by atoms with Crippen LogP contribution in [0.5, 0.6) is 0 Å². The summed E-state index contributed by atoms with van der Waals surface area (Å²) in [4.78, 5) is 0. The van der Waals surface area contributed by atoms with E-state index in [0.29, 0.717) is 12.3 Å². The van der Waals surface area contributed by atoms with Gasteiger partial charge in [0.2, 0.25) is 10.0 Å². The van der Waals surface area contributed by atoms with Crippen LogP contribution in [0.1, 0.15) is 25.3 Å². The molecule has 0 aromatic heterocycles. The molecule has 1 aliphatic heterocycles. The smallest absolute Gasteiger partial charge is 0.235 e. The van der Waals surface area contributed by atoms with Crippen LogP contribution in [-0.2, 0) is 21.2 Å². The van der Waals surface area contributed by atoms with E-state index in [-0.39, 0.29) is 11.9 Å². The second kappa shape index (κ2) is 5.71. The van der Waals surface area contributed by atoms with Crippen molar-refractivity contribution in [2.75, 3.05) is 17.1 Å². The first-order valence-electron chi connectivity index (χ1n) is 6.30. The monoisotopic (exact) mass is 269 g/mol. The third kappa shape index (κ3) is 3.71. The molecular weight excluding hydrogens is 250 g/mol. The normalized spacial score (nSPS) is 19.9. The molecule has 2 rings (SSSR count). The first-order valence-corrected chi connectivity index (χ1v) is 7.95. The molecule has 0 bridgehead atoms. The highest BCUT2D eigenvalue weighted by molar-refractivity contribution is 7.92. The Morgan fingerprint density at radius 1 is 1.44 bits per heavy atom. The summed E-state index contributed by atoms with van der Waals surface area (Å²) in [6.07, 6.45) is 2.51. The van der Waals surface area contributed by atoms with E-state index < -0.39 is 10.0 Å². The van der Waals surface area contributed by atoms with Gasteiger partial charge in [-0.1, -0.05) is 19.1 Å². The SMILES string of the molecule is CCc1cccc(NS(=O)(=O)C[C@@H]2CCCO2)c1. The van der Waals surface area contributed by atoms with Gasteiger partial charge in [-0.25, -0.2) is 8.42 Å². The minimum Gasteiger partial charge on any atom is -0.377 e. The number of hydrogen-bond donors (Lipinski definition) is 1. The predicted molar refractivity (Wildman–Crippen MR) is 72.2 cm³/mol. The van der Waals surface area contributed by atoms with E-state index in [0.717, 1.165) is 24.8 Å². The van der Waals surface area contributed by atoms with Crippen molar-refractivity contribution in [1.82, 2.24) is 0 Å². The third-order valence-electron chi connectivity index (χ3n) is 3.04. The number of nitrogens with one attached hydrogen (secondary N) is 1. The molecule has 1 aliphatic rings. The maximum absolute atomic E-state index is 12.0. The van der Waals surface area contributed by atoms with Crippen molar-refractivity contribution >= 4 is 15.7 Å². The molecule has 0 aliphatic carbocycles. The Labute approximate surface area is 108 Å². The molecule has 1 heterocycles. The predicted octanol–water partition coefficient (Wildman–Crippen LogP) is 2.17. The molecule has 0 saturated carbocycles.